The second-order valence-electron chi connectivity index (χ2n) is 4.40. The number of methoxy groups -OCH3 is 1. The Morgan fingerprint density at radius 2 is 1.90 bits per heavy atom. The van der Waals surface area contributed by atoms with Crippen LogP contribution in [0, 0.1) is 0 Å². The van der Waals surface area contributed by atoms with E-state index in [1.165, 1.54) is 0 Å². The van der Waals surface area contributed by atoms with Crippen molar-refractivity contribution in [2.45, 2.75) is 19.0 Å². The maximum atomic E-state index is 11.9. The summed E-state index contributed by atoms with van der Waals surface area (Å²) in [6.07, 6.45) is 0. The molecule has 4 N–H and O–H groups in total. The van der Waals surface area contributed by atoms with Crippen LogP contribution < -0.4 is 16.4 Å². The zero-order valence-electron chi connectivity index (χ0n) is 11.8. The second-order valence-corrected chi connectivity index (χ2v) is 4.40. The molecule has 0 saturated carbocycles. The van der Waals surface area contributed by atoms with Crippen molar-refractivity contribution in [2.24, 2.45) is 5.73 Å². The molecule has 110 valence electrons. The van der Waals surface area contributed by atoms with Crippen LogP contribution in [0.2, 0.25) is 0 Å². The first-order valence-corrected chi connectivity index (χ1v) is 6.43. The zero-order chi connectivity index (χ0) is 15.0. The van der Waals surface area contributed by atoms with Crippen LogP contribution in [0.5, 0.6) is 0 Å². The van der Waals surface area contributed by atoms with Gasteiger partial charge < -0.3 is 21.1 Å². The zero-order valence-corrected chi connectivity index (χ0v) is 11.8. The van der Waals surface area contributed by atoms with Gasteiger partial charge in [0.15, 0.2) is 0 Å². The van der Waals surface area contributed by atoms with Crippen LogP contribution in [0.15, 0.2) is 30.3 Å². The van der Waals surface area contributed by atoms with E-state index in [1.54, 1.807) is 26.2 Å². The molecule has 0 fully saturated rings. The number of ether oxygens (including phenoxy) is 1. The largest absolute Gasteiger partial charge is 0.383 e. The summed E-state index contributed by atoms with van der Waals surface area (Å²) < 4.78 is 4.83. The molecule has 0 aromatic heterocycles. The molecule has 1 aromatic carbocycles. The fraction of sp³-hybridized carbons (Fsp3) is 0.429. The molecule has 0 aliphatic heterocycles. The fourth-order valence-corrected chi connectivity index (χ4v) is 1.61. The van der Waals surface area contributed by atoms with E-state index in [4.69, 9.17) is 10.5 Å². The van der Waals surface area contributed by atoms with Crippen LogP contribution in [-0.4, -0.2) is 38.1 Å². The minimum Gasteiger partial charge on any atom is -0.383 e. The van der Waals surface area contributed by atoms with E-state index in [0.717, 1.165) is 0 Å². The van der Waals surface area contributed by atoms with E-state index in [0.29, 0.717) is 18.7 Å². The van der Waals surface area contributed by atoms with Crippen LogP contribution in [-0.2, 0) is 14.3 Å². The summed E-state index contributed by atoms with van der Waals surface area (Å²) in [5.74, 6) is -0.652. The van der Waals surface area contributed by atoms with Crippen LogP contribution >= 0.6 is 0 Å². The molecule has 0 aliphatic carbocycles. The SMILES string of the molecule is COCCNC(=O)C(C)NC(=O)[C@@H](N)c1ccccc1. The third-order valence-corrected chi connectivity index (χ3v) is 2.80. The number of rotatable bonds is 7. The van der Waals surface area contributed by atoms with Gasteiger partial charge in [0.1, 0.15) is 12.1 Å². The Balaban J connectivity index is 2.47. The number of nitrogens with one attached hydrogen (secondary N) is 2. The number of hydrogen-bond acceptors (Lipinski definition) is 4. The van der Waals surface area contributed by atoms with E-state index in [9.17, 15) is 9.59 Å². The molecule has 0 aliphatic rings. The lowest BCUT2D eigenvalue weighted by Gasteiger charge is -2.17. The first-order chi connectivity index (χ1) is 9.56. The Bertz CT molecular complexity index is 437. The predicted molar refractivity (Wildman–Crippen MR) is 75.9 cm³/mol. The molecule has 0 bridgehead atoms. The molecule has 1 aromatic rings. The Hall–Kier alpha value is -1.92. The minimum atomic E-state index is -0.787. The monoisotopic (exact) mass is 279 g/mol. The number of nitrogens with two attached hydrogens (primary N) is 1. The number of hydrogen-bond donors (Lipinski definition) is 3. The van der Waals surface area contributed by atoms with Crippen molar-refractivity contribution in [1.29, 1.82) is 0 Å². The quantitative estimate of drug-likeness (QED) is 0.610. The number of carbonyl (C=O) groups is 2. The molecule has 6 heteroatoms. The van der Waals surface area contributed by atoms with E-state index in [2.05, 4.69) is 10.6 Å². The lowest BCUT2D eigenvalue weighted by molar-refractivity contribution is -0.129. The summed E-state index contributed by atoms with van der Waals surface area (Å²) in [4.78, 5) is 23.6. The van der Waals surface area contributed by atoms with Gasteiger partial charge in [-0.25, -0.2) is 0 Å². The lowest BCUT2D eigenvalue weighted by atomic mass is 10.1. The Morgan fingerprint density at radius 3 is 2.50 bits per heavy atom. The molecule has 6 nitrogen and oxygen atoms in total. The van der Waals surface area contributed by atoms with E-state index in [-0.39, 0.29) is 11.8 Å². The maximum absolute atomic E-state index is 11.9. The minimum absolute atomic E-state index is 0.268. The van der Waals surface area contributed by atoms with Crippen LogP contribution in [0.25, 0.3) is 0 Å². The van der Waals surface area contributed by atoms with Crippen LogP contribution in [0.3, 0.4) is 0 Å². The van der Waals surface area contributed by atoms with Gasteiger partial charge in [-0.05, 0) is 12.5 Å². The van der Waals surface area contributed by atoms with Crippen molar-refractivity contribution < 1.29 is 14.3 Å². The van der Waals surface area contributed by atoms with Gasteiger partial charge >= 0.3 is 0 Å². The van der Waals surface area contributed by atoms with Crippen molar-refractivity contribution in [2.75, 3.05) is 20.3 Å². The standard InChI is InChI=1S/C14H21N3O3/c1-10(13(18)16-8-9-20-2)17-14(19)12(15)11-6-4-3-5-7-11/h3-7,10,12H,8-9,15H2,1-2H3,(H,16,18)(H,17,19)/t10?,12-/m0/s1. The molecule has 20 heavy (non-hydrogen) atoms. The summed E-state index contributed by atoms with van der Waals surface area (Å²) >= 11 is 0. The van der Waals surface area contributed by atoms with Crippen molar-refractivity contribution in [1.82, 2.24) is 10.6 Å². The summed E-state index contributed by atoms with van der Waals surface area (Å²) in [5, 5.41) is 5.24. The fourth-order valence-electron chi connectivity index (χ4n) is 1.61. The first-order valence-electron chi connectivity index (χ1n) is 6.43. The number of carbonyl (C=O) groups excluding carboxylic acids is 2. The first kappa shape index (κ1) is 16.1. The van der Waals surface area contributed by atoms with E-state index < -0.39 is 12.1 Å². The predicted octanol–water partition coefficient (Wildman–Crippen LogP) is -0.0463. The Morgan fingerprint density at radius 1 is 1.25 bits per heavy atom. The van der Waals surface area contributed by atoms with Gasteiger partial charge in [-0.15, -0.1) is 0 Å². The van der Waals surface area contributed by atoms with E-state index in [1.807, 2.05) is 18.2 Å². The average Bonchev–Trinajstić information content (AvgIpc) is 2.47. The van der Waals surface area contributed by atoms with Gasteiger partial charge in [-0.1, -0.05) is 30.3 Å². The highest BCUT2D eigenvalue weighted by atomic mass is 16.5. The average molecular weight is 279 g/mol. The molecule has 1 rings (SSSR count). The van der Waals surface area contributed by atoms with E-state index >= 15 is 0 Å². The van der Waals surface area contributed by atoms with Crippen molar-refractivity contribution in [3.63, 3.8) is 0 Å². The summed E-state index contributed by atoms with van der Waals surface area (Å²) in [7, 11) is 1.55. The molecule has 0 radical (unpaired) electrons. The number of benzene rings is 1. The van der Waals surface area contributed by atoms with Gasteiger partial charge in [-0.2, -0.15) is 0 Å². The van der Waals surface area contributed by atoms with Gasteiger partial charge in [0.2, 0.25) is 11.8 Å². The molecule has 0 heterocycles. The Kier molecular flexibility index (Phi) is 6.69. The lowest BCUT2D eigenvalue weighted by Crippen LogP contribution is -2.48. The van der Waals surface area contributed by atoms with Crippen LogP contribution in [0.1, 0.15) is 18.5 Å². The van der Waals surface area contributed by atoms with Crippen molar-refractivity contribution in [3.05, 3.63) is 35.9 Å². The summed E-state index contributed by atoms with van der Waals surface area (Å²) in [6, 6.07) is 7.58. The maximum Gasteiger partial charge on any atom is 0.242 e. The second kappa shape index (κ2) is 8.29. The molecule has 1 unspecified atom stereocenters. The third-order valence-electron chi connectivity index (χ3n) is 2.80. The molecule has 2 atom stereocenters. The highest BCUT2D eigenvalue weighted by molar-refractivity contribution is 5.89. The molecule has 2 amide bonds. The molecule has 0 spiro atoms. The summed E-state index contributed by atoms with van der Waals surface area (Å²) in [6.45, 7) is 2.44. The van der Waals surface area contributed by atoms with Gasteiger partial charge in [-0.3, -0.25) is 9.59 Å². The topological polar surface area (TPSA) is 93.5 Å². The molecule has 0 saturated heterocycles. The smallest absolute Gasteiger partial charge is 0.242 e. The van der Waals surface area contributed by atoms with Crippen molar-refractivity contribution >= 4 is 11.8 Å². The van der Waals surface area contributed by atoms with Gasteiger partial charge in [0.05, 0.1) is 6.61 Å². The van der Waals surface area contributed by atoms with Gasteiger partial charge in [0.25, 0.3) is 0 Å². The normalized spacial score (nSPS) is 13.3. The van der Waals surface area contributed by atoms with Crippen molar-refractivity contribution in [3.8, 4) is 0 Å². The summed E-state index contributed by atoms with van der Waals surface area (Å²) in [5.41, 5.74) is 6.55. The highest BCUT2D eigenvalue weighted by Gasteiger charge is 2.20. The number of amides is 2. The van der Waals surface area contributed by atoms with Crippen LogP contribution in [0.4, 0.5) is 0 Å². The Labute approximate surface area is 118 Å². The molecular weight excluding hydrogens is 258 g/mol. The molecular formula is C14H21N3O3. The third kappa shape index (κ3) is 4.99. The van der Waals surface area contributed by atoms with Gasteiger partial charge in [0, 0.05) is 13.7 Å². The highest BCUT2D eigenvalue weighted by Crippen LogP contribution is 2.09.